The number of hydrogen-bond donors (Lipinski definition) is 3. The number of rotatable bonds is 11. The number of carbonyl (C=O) groups is 2. The van der Waals surface area contributed by atoms with E-state index in [1.165, 1.54) is 14.2 Å². The van der Waals surface area contributed by atoms with E-state index in [2.05, 4.69) is 15.6 Å². The number of pyridine rings is 1. The number of fused-ring (bicyclic) bond motifs is 1. The van der Waals surface area contributed by atoms with Gasteiger partial charge in [0.15, 0.2) is 0 Å². The van der Waals surface area contributed by atoms with Crippen LogP contribution < -0.4 is 21.1 Å². The highest BCUT2D eigenvalue weighted by molar-refractivity contribution is 7.92. The molecule has 2 amide bonds. The van der Waals surface area contributed by atoms with E-state index in [-0.39, 0.29) is 24.2 Å². The van der Waals surface area contributed by atoms with Crippen LogP contribution in [0.3, 0.4) is 0 Å². The number of amides is 2. The van der Waals surface area contributed by atoms with Gasteiger partial charge in [0.2, 0.25) is 11.8 Å². The van der Waals surface area contributed by atoms with Crippen LogP contribution in [0.15, 0.2) is 77.8 Å². The summed E-state index contributed by atoms with van der Waals surface area (Å²) >= 11 is 0. The second-order valence-electron chi connectivity index (χ2n) is 9.87. The molecule has 232 valence electrons. The number of ether oxygens (including phenoxy) is 1. The summed E-state index contributed by atoms with van der Waals surface area (Å²) in [7, 11) is -2.91. The Labute approximate surface area is 251 Å². The molecule has 0 spiro atoms. The number of likely N-dealkylation sites (N-methyl/N-ethyl adjacent to an activating group) is 1. The molecule has 0 aliphatic heterocycles. The zero-order chi connectivity index (χ0) is 32.1. The number of nitrogens with two attached hydrogens (primary N) is 1. The maximum atomic E-state index is 13.5. The molecular weight excluding hydrogens is 599 g/mol. The Morgan fingerprint density at radius 3 is 2.45 bits per heavy atom. The second-order valence-corrected chi connectivity index (χ2v) is 11.8. The number of nitrogens with zero attached hydrogens (tertiary/aromatic N) is 2. The van der Waals surface area contributed by atoms with Gasteiger partial charge in [0, 0.05) is 43.0 Å². The standard InChI is InChI=1S/C30H30F3N5O5S/c1-38(28(40)17-36-22-8-10-24-20(15-22)13-14-35-29(24)34)18-21-16-23(9-11-26(21)44(41,42)30(31,32)33)37-27(39)12-7-19-5-3-4-6-25(19)43-2/h3-6,8-11,13-16,36H,7,12,17-18H2,1-2H3,(H2,34,35)(H,37,39). The number of nitrogens with one attached hydrogen (secondary N) is 2. The number of carbonyl (C=O) groups excluding carboxylic acids is 2. The van der Waals surface area contributed by atoms with Crippen molar-refractivity contribution < 1.29 is 35.9 Å². The van der Waals surface area contributed by atoms with Gasteiger partial charge in [-0.05, 0) is 71.5 Å². The summed E-state index contributed by atoms with van der Waals surface area (Å²) in [5.74, 6) is -0.0193. The smallest absolute Gasteiger partial charge is 0.496 e. The molecular formula is C30H30F3N5O5S. The molecule has 0 radical (unpaired) electrons. The number of sulfone groups is 1. The summed E-state index contributed by atoms with van der Waals surface area (Å²) in [6.45, 7) is -0.709. The predicted octanol–water partition coefficient (Wildman–Crippen LogP) is 4.76. The van der Waals surface area contributed by atoms with Crippen LogP contribution in [0, 0.1) is 0 Å². The van der Waals surface area contributed by atoms with Crippen molar-refractivity contribution in [3.63, 3.8) is 0 Å². The molecule has 0 saturated carbocycles. The van der Waals surface area contributed by atoms with Crippen LogP contribution in [0.5, 0.6) is 5.75 Å². The number of anilines is 3. The van der Waals surface area contributed by atoms with E-state index < -0.39 is 38.6 Å². The van der Waals surface area contributed by atoms with Gasteiger partial charge >= 0.3 is 5.51 Å². The average Bonchev–Trinajstić information content (AvgIpc) is 2.98. The quantitative estimate of drug-likeness (QED) is 0.216. The van der Waals surface area contributed by atoms with Crippen molar-refractivity contribution in [2.45, 2.75) is 29.8 Å². The van der Waals surface area contributed by atoms with Crippen molar-refractivity contribution in [1.29, 1.82) is 0 Å². The summed E-state index contributed by atoms with van der Waals surface area (Å²) in [4.78, 5) is 29.7. The van der Waals surface area contributed by atoms with Gasteiger partial charge in [0.1, 0.15) is 11.6 Å². The number of hydrogen-bond acceptors (Lipinski definition) is 8. The molecule has 1 heterocycles. The van der Waals surface area contributed by atoms with E-state index in [0.29, 0.717) is 23.7 Å². The highest BCUT2D eigenvalue weighted by atomic mass is 32.2. The average molecular weight is 630 g/mol. The molecule has 44 heavy (non-hydrogen) atoms. The molecule has 0 aliphatic carbocycles. The number of halogens is 3. The van der Waals surface area contributed by atoms with Crippen LogP contribution in [0.4, 0.5) is 30.4 Å². The molecule has 4 N–H and O–H groups in total. The highest BCUT2D eigenvalue weighted by Crippen LogP contribution is 2.34. The minimum atomic E-state index is -5.75. The number of aromatic nitrogens is 1. The van der Waals surface area contributed by atoms with Crippen LogP contribution in [-0.4, -0.2) is 56.3 Å². The van der Waals surface area contributed by atoms with Gasteiger partial charge in [0.05, 0.1) is 18.6 Å². The van der Waals surface area contributed by atoms with E-state index in [1.54, 1.807) is 54.7 Å². The van der Waals surface area contributed by atoms with Crippen LogP contribution in [0.2, 0.25) is 0 Å². The van der Waals surface area contributed by atoms with Gasteiger partial charge in [-0.3, -0.25) is 9.59 Å². The number of para-hydroxylation sites is 1. The fourth-order valence-electron chi connectivity index (χ4n) is 4.52. The first-order valence-corrected chi connectivity index (χ1v) is 14.8. The van der Waals surface area contributed by atoms with Gasteiger partial charge in [-0.1, -0.05) is 18.2 Å². The third-order valence-electron chi connectivity index (χ3n) is 6.82. The molecule has 0 atom stereocenters. The van der Waals surface area contributed by atoms with Crippen LogP contribution in [-0.2, 0) is 32.4 Å². The topological polar surface area (TPSA) is 144 Å². The molecule has 14 heteroatoms. The molecule has 3 aromatic carbocycles. The van der Waals surface area contributed by atoms with Gasteiger partial charge in [-0.25, -0.2) is 13.4 Å². The summed E-state index contributed by atoms with van der Waals surface area (Å²) in [5, 5.41) is 7.05. The molecule has 0 unspecified atom stereocenters. The Morgan fingerprint density at radius 2 is 1.73 bits per heavy atom. The Morgan fingerprint density at radius 1 is 1.00 bits per heavy atom. The van der Waals surface area contributed by atoms with E-state index in [4.69, 9.17) is 10.5 Å². The molecule has 1 aromatic heterocycles. The summed E-state index contributed by atoms with van der Waals surface area (Å²) in [5.41, 5.74) is 1.44. The zero-order valence-corrected chi connectivity index (χ0v) is 24.6. The summed E-state index contributed by atoms with van der Waals surface area (Å²) in [6, 6.07) is 17.1. The molecule has 4 aromatic rings. The number of methoxy groups -OCH3 is 1. The summed E-state index contributed by atoms with van der Waals surface area (Å²) < 4.78 is 70.5. The Bertz CT molecular complexity index is 1800. The lowest BCUT2D eigenvalue weighted by Crippen LogP contribution is -2.33. The van der Waals surface area contributed by atoms with E-state index in [0.717, 1.165) is 39.4 Å². The van der Waals surface area contributed by atoms with E-state index in [9.17, 15) is 31.2 Å². The number of alkyl halides is 3. The van der Waals surface area contributed by atoms with Crippen molar-refractivity contribution in [3.05, 3.63) is 84.1 Å². The monoisotopic (exact) mass is 629 g/mol. The first-order valence-electron chi connectivity index (χ1n) is 13.3. The van der Waals surface area contributed by atoms with Crippen LogP contribution >= 0.6 is 0 Å². The van der Waals surface area contributed by atoms with Crippen molar-refractivity contribution >= 4 is 49.6 Å². The molecule has 0 aliphatic rings. The lowest BCUT2D eigenvalue weighted by atomic mass is 10.1. The van der Waals surface area contributed by atoms with Crippen molar-refractivity contribution in [2.24, 2.45) is 0 Å². The lowest BCUT2D eigenvalue weighted by Gasteiger charge is -2.21. The zero-order valence-electron chi connectivity index (χ0n) is 23.8. The van der Waals surface area contributed by atoms with E-state index in [1.807, 2.05) is 0 Å². The SMILES string of the molecule is COc1ccccc1CCC(=O)Nc1ccc(S(=O)(=O)C(F)(F)F)c(CN(C)C(=O)CNc2ccc3c(N)nccc3c2)c1. The minimum Gasteiger partial charge on any atom is -0.496 e. The largest absolute Gasteiger partial charge is 0.501 e. The van der Waals surface area contributed by atoms with Gasteiger partial charge in [0.25, 0.3) is 9.84 Å². The number of benzene rings is 3. The molecule has 4 rings (SSSR count). The van der Waals surface area contributed by atoms with Crippen molar-refractivity contribution in [3.8, 4) is 5.75 Å². The van der Waals surface area contributed by atoms with E-state index >= 15 is 0 Å². The fourth-order valence-corrected chi connectivity index (χ4v) is 5.48. The normalized spacial score (nSPS) is 11.7. The predicted molar refractivity (Wildman–Crippen MR) is 161 cm³/mol. The first-order chi connectivity index (χ1) is 20.8. The second kappa shape index (κ2) is 13.2. The molecule has 0 saturated heterocycles. The maximum absolute atomic E-state index is 13.5. The van der Waals surface area contributed by atoms with Crippen LogP contribution in [0.1, 0.15) is 17.5 Å². The molecule has 0 bridgehead atoms. The fraction of sp³-hybridized carbons (Fsp3) is 0.233. The Balaban J connectivity index is 1.49. The Hall–Kier alpha value is -4.85. The number of aryl methyl sites for hydroxylation is 1. The van der Waals surface area contributed by atoms with Crippen molar-refractivity contribution in [1.82, 2.24) is 9.88 Å². The highest BCUT2D eigenvalue weighted by Gasteiger charge is 2.48. The first kappa shape index (κ1) is 32.1. The minimum absolute atomic E-state index is 0.0280. The Kier molecular flexibility index (Phi) is 9.62. The maximum Gasteiger partial charge on any atom is 0.501 e. The van der Waals surface area contributed by atoms with Crippen molar-refractivity contribution in [2.75, 3.05) is 37.1 Å². The number of nitrogen functional groups attached to an aromatic ring is 1. The molecule has 10 nitrogen and oxygen atoms in total. The third-order valence-corrected chi connectivity index (χ3v) is 8.41. The van der Waals surface area contributed by atoms with Gasteiger partial charge in [-0.15, -0.1) is 0 Å². The van der Waals surface area contributed by atoms with Crippen LogP contribution in [0.25, 0.3) is 10.8 Å². The molecule has 0 fully saturated rings. The van der Waals surface area contributed by atoms with Gasteiger partial charge < -0.3 is 26.0 Å². The van der Waals surface area contributed by atoms with Gasteiger partial charge in [-0.2, -0.15) is 13.2 Å². The summed E-state index contributed by atoms with van der Waals surface area (Å²) in [6.07, 6.45) is 1.90. The lowest BCUT2D eigenvalue weighted by molar-refractivity contribution is -0.128. The third kappa shape index (κ3) is 7.37.